The molecule has 0 saturated carbocycles. The second kappa shape index (κ2) is 11.9. The Kier molecular flexibility index (Phi) is 10.1. The van der Waals surface area contributed by atoms with Gasteiger partial charge in [-0.3, -0.25) is 13.2 Å². The fourth-order valence-corrected chi connectivity index (χ4v) is 4.57. The molecular weight excluding hydrogens is 542 g/mol. The summed E-state index contributed by atoms with van der Waals surface area (Å²) in [6, 6.07) is -1.61. The number of hydrogen-bond donors (Lipinski definition) is 3. The first-order valence-electron chi connectivity index (χ1n) is 10.0. The molecule has 2 aliphatic rings. The van der Waals surface area contributed by atoms with E-state index in [1.54, 1.807) is 0 Å². The van der Waals surface area contributed by atoms with Crippen molar-refractivity contribution in [1.29, 1.82) is 0 Å². The number of hydrogen-bond acceptors (Lipinski definition) is 17. The van der Waals surface area contributed by atoms with Crippen molar-refractivity contribution < 1.29 is 78.2 Å². The SMILES string of the molecule is COC1C(NC(C)=O)C(OC2C(C(=O)[O-])OC(C)C(O)C2O)OC(COS(=O)(=O)[O-])C1OS(=O)(=O)[O-]. The number of methoxy groups -OCH3 is 1. The molecule has 0 aromatic rings. The summed E-state index contributed by atoms with van der Waals surface area (Å²) in [5.41, 5.74) is 0. The molecule has 2 saturated heterocycles. The van der Waals surface area contributed by atoms with Gasteiger partial charge in [0.15, 0.2) is 6.29 Å². The minimum atomic E-state index is -5.52. The van der Waals surface area contributed by atoms with Gasteiger partial charge in [-0.2, -0.15) is 0 Å². The highest BCUT2D eigenvalue weighted by Crippen LogP contribution is 2.32. The van der Waals surface area contributed by atoms with Gasteiger partial charge in [-0.25, -0.2) is 16.8 Å². The second-order valence-corrected chi connectivity index (χ2v) is 9.86. The number of carbonyl (C=O) groups excluding carboxylic acids is 2. The van der Waals surface area contributed by atoms with Gasteiger partial charge in [0.2, 0.25) is 26.7 Å². The Morgan fingerprint density at radius 1 is 1.00 bits per heavy atom. The van der Waals surface area contributed by atoms with Crippen molar-refractivity contribution in [3.05, 3.63) is 0 Å². The van der Waals surface area contributed by atoms with Crippen molar-refractivity contribution in [2.24, 2.45) is 0 Å². The Bertz CT molecular complexity index is 1000. The van der Waals surface area contributed by atoms with Gasteiger partial charge in [0.05, 0.1) is 18.7 Å². The van der Waals surface area contributed by atoms with Crippen LogP contribution in [0.1, 0.15) is 13.8 Å². The molecule has 36 heavy (non-hydrogen) atoms. The van der Waals surface area contributed by atoms with E-state index in [-0.39, 0.29) is 0 Å². The molecule has 2 rings (SSSR count). The normalized spacial score (nSPS) is 37.9. The summed E-state index contributed by atoms with van der Waals surface area (Å²) in [5.74, 6) is -2.67. The minimum Gasteiger partial charge on any atom is -0.726 e. The van der Waals surface area contributed by atoms with Crippen LogP contribution in [0.15, 0.2) is 0 Å². The molecule has 10 atom stereocenters. The van der Waals surface area contributed by atoms with Gasteiger partial charge in [-0.1, -0.05) is 0 Å². The lowest BCUT2D eigenvalue weighted by molar-refractivity contribution is -0.350. The monoisotopic (exact) mass is 566 g/mol. The maximum absolute atomic E-state index is 11.8. The summed E-state index contributed by atoms with van der Waals surface area (Å²) >= 11 is 0. The number of aliphatic hydroxyl groups excluding tert-OH is 2. The fraction of sp³-hybridized carbons (Fsp3) is 0.875. The predicted molar refractivity (Wildman–Crippen MR) is 104 cm³/mol. The first kappa shape index (κ1) is 30.7. The number of aliphatic carboxylic acids is 1. The lowest BCUT2D eigenvalue weighted by atomic mass is 9.94. The number of rotatable bonds is 10. The van der Waals surface area contributed by atoms with Crippen LogP contribution in [0.3, 0.4) is 0 Å². The molecule has 2 aliphatic heterocycles. The molecule has 10 unspecified atom stereocenters. The van der Waals surface area contributed by atoms with Gasteiger partial charge < -0.3 is 53.5 Å². The van der Waals surface area contributed by atoms with Crippen LogP contribution in [0.25, 0.3) is 0 Å². The zero-order valence-electron chi connectivity index (χ0n) is 18.8. The molecule has 2 heterocycles. The standard InChI is InChI=1S/C16H27NO17S2/c1-5-9(19)10(20)13(14(31-5)15(21)22)33-16-8(17-6(2)18)12(29-3)11(34-36(26,27)28)7(32-16)4-30-35(23,24)25/h5,7-14,16,19-20H,4H2,1-3H3,(H,17,18)(H,21,22)(H,23,24,25)(H,26,27,28)/p-3. The average Bonchev–Trinajstić information content (AvgIpc) is 2.72. The van der Waals surface area contributed by atoms with Gasteiger partial charge in [-0.15, -0.1) is 0 Å². The highest BCUT2D eigenvalue weighted by molar-refractivity contribution is 7.81. The van der Waals surface area contributed by atoms with E-state index in [2.05, 4.69) is 13.7 Å². The van der Waals surface area contributed by atoms with Crippen LogP contribution >= 0.6 is 0 Å². The summed E-state index contributed by atoms with van der Waals surface area (Å²) in [7, 11) is -9.93. The maximum atomic E-state index is 11.8. The summed E-state index contributed by atoms with van der Waals surface area (Å²) in [5, 5.41) is 34.4. The first-order valence-corrected chi connectivity index (χ1v) is 12.7. The quantitative estimate of drug-likeness (QED) is 0.164. The zero-order valence-corrected chi connectivity index (χ0v) is 20.4. The number of amides is 1. The summed E-state index contributed by atoms with van der Waals surface area (Å²) in [6.45, 7) is 1.00. The van der Waals surface area contributed by atoms with Crippen molar-refractivity contribution >= 4 is 32.7 Å². The number of carboxylic acids is 1. The molecule has 0 spiro atoms. The molecule has 210 valence electrons. The summed E-state index contributed by atoms with van der Waals surface area (Å²) < 4.78 is 96.2. The number of aliphatic hydroxyl groups is 2. The van der Waals surface area contributed by atoms with E-state index in [9.17, 15) is 50.8 Å². The van der Waals surface area contributed by atoms with Gasteiger partial charge >= 0.3 is 0 Å². The Balaban J connectivity index is 2.49. The minimum absolute atomic E-state index is 0.801. The summed E-state index contributed by atoms with van der Waals surface area (Å²) in [6.07, 6.45) is -16.2. The molecular formula is C16H24NO17S2-3. The lowest BCUT2D eigenvalue weighted by Gasteiger charge is -2.48. The molecule has 2 fully saturated rings. The zero-order chi connectivity index (χ0) is 27.6. The topological polar surface area (TPSA) is 279 Å². The smallest absolute Gasteiger partial charge is 0.218 e. The fourth-order valence-electron chi connectivity index (χ4n) is 3.76. The van der Waals surface area contributed by atoms with Crippen LogP contribution in [0.5, 0.6) is 0 Å². The van der Waals surface area contributed by atoms with E-state index in [0.29, 0.717) is 0 Å². The van der Waals surface area contributed by atoms with E-state index >= 15 is 0 Å². The van der Waals surface area contributed by atoms with Crippen molar-refractivity contribution in [2.45, 2.75) is 75.0 Å². The van der Waals surface area contributed by atoms with Crippen LogP contribution in [0.2, 0.25) is 0 Å². The number of ether oxygens (including phenoxy) is 4. The van der Waals surface area contributed by atoms with Gasteiger partial charge in [-0.05, 0) is 6.92 Å². The Hall–Kier alpha value is -1.56. The van der Waals surface area contributed by atoms with Gasteiger partial charge in [0.1, 0.15) is 48.8 Å². The molecule has 3 N–H and O–H groups in total. The maximum Gasteiger partial charge on any atom is 0.218 e. The highest BCUT2D eigenvalue weighted by atomic mass is 32.3. The highest BCUT2D eigenvalue weighted by Gasteiger charge is 2.53. The van der Waals surface area contributed by atoms with Crippen LogP contribution < -0.4 is 10.4 Å². The van der Waals surface area contributed by atoms with Crippen LogP contribution in [0, 0.1) is 0 Å². The van der Waals surface area contributed by atoms with E-state index in [1.165, 1.54) is 6.92 Å². The van der Waals surface area contributed by atoms with E-state index in [4.69, 9.17) is 18.9 Å². The third-order valence-electron chi connectivity index (χ3n) is 5.24. The Morgan fingerprint density at radius 3 is 2.08 bits per heavy atom. The molecule has 20 heteroatoms. The molecule has 1 amide bonds. The van der Waals surface area contributed by atoms with Crippen molar-refractivity contribution in [3.63, 3.8) is 0 Å². The molecule has 0 bridgehead atoms. The van der Waals surface area contributed by atoms with Crippen molar-refractivity contribution in [1.82, 2.24) is 5.32 Å². The van der Waals surface area contributed by atoms with Gasteiger partial charge in [0, 0.05) is 14.0 Å². The number of carbonyl (C=O) groups is 2. The third-order valence-corrected chi connectivity index (χ3v) is 6.13. The molecule has 0 aromatic carbocycles. The first-order chi connectivity index (χ1) is 16.4. The Morgan fingerprint density at radius 2 is 1.61 bits per heavy atom. The van der Waals surface area contributed by atoms with E-state index < -0.39 is 100 Å². The number of nitrogens with one attached hydrogen (secondary N) is 1. The van der Waals surface area contributed by atoms with Gasteiger partial charge in [0.25, 0.3) is 0 Å². The van der Waals surface area contributed by atoms with Crippen LogP contribution in [-0.4, -0.2) is 123 Å². The van der Waals surface area contributed by atoms with E-state index in [0.717, 1.165) is 14.0 Å². The molecule has 0 radical (unpaired) electrons. The molecule has 0 aliphatic carbocycles. The molecule has 0 aromatic heterocycles. The molecule has 18 nitrogen and oxygen atoms in total. The second-order valence-electron chi connectivity index (χ2n) is 7.79. The summed E-state index contributed by atoms with van der Waals surface area (Å²) in [4.78, 5) is 23.4. The lowest BCUT2D eigenvalue weighted by Crippen LogP contribution is -2.69. The van der Waals surface area contributed by atoms with E-state index in [1.807, 2.05) is 0 Å². The van der Waals surface area contributed by atoms with Crippen molar-refractivity contribution in [2.75, 3.05) is 13.7 Å². The number of carboxylic acid groups (broad SMARTS) is 1. The van der Waals surface area contributed by atoms with Crippen LogP contribution in [0.4, 0.5) is 0 Å². The third kappa shape index (κ3) is 7.97. The predicted octanol–water partition coefficient (Wildman–Crippen LogP) is -5.80. The van der Waals surface area contributed by atoms with Crippen molar-refractivity contribution in [3.8, 4) is 0 Å². The van der Waals surface area contributed by atoms with Crippen LogP contribution in [-0.2, 0) is 57.7 Å². The Labute approximate surface area is 205 Å². The average molecular weight is 566 g/mol. The largest absolute Gasteiger partial charge is 0.726 e.